The molecule has 0 spiro atoms. The Morgan fingerprint density at radius 3 is 2.79 bits per heavy atom. The maximum Gasteiger partial charge on any atom is 0.337 e. The molecule has 1 aliphatic heterocycles. The van der Waals surface area contributed by atoms with Gasteiger partial charge in [0.15, 0.2) is 5.11 Å². The minimum atomic E-state index is -0.392. The van der Waals surface area contributed by atoms with E-state index >= 15 is 0 Å². The lowest BCUT2D eigenvalue weighted by Gasteiger charge is -2.26. The summed E-state index contributed by atoms with van der Waals surface area (Å²) >= 11 is 5.73. The van der Waals surface area contributed by atoms with E-state index in [0.29, 0.717) is 23.0 Å². The number of nitrogens with one attached hydrogen (secondary N) is 1. The third kappa shape index (κ3) is 4.27. The van der Waals surface area contributed by atoms with Crippen LogP contribution in [0.1, 0.15) is 39.5 Å². The molecular formula is C26H22N4O3S. The first-order valence-corrected chi connectivity index (χ1v) is 11.2. The molecule has 34 heavy (non-hydrogen) atoms. The average molecular weight is 471 g/mol. The van der Waals surface area contributed by atoms with Gasteiger partial charge in [0.05, 0.1) is 24.4 Å². The van der Waals surface area contributed by atoms with Crippen LogP contribution in [0.3, 0.4) is 0 Å². The van der Waals surface area contributed by atoms with Crippen molar-refractivity contribution in [3.63, 3.8) is 0 Å². The summed E-state index contributed by atoms with van der Waals surface area (Å²) < 4.78 is 11.2. The summed E-state index contributed by atoms with van der Waals surface area (Å²) in [7, 11) is 1.37. The summed E-state index contributed by atoms with van der Waals surface area (Å²) in [6, 6.07) is 20.4. The predicted octanol–water partition coefficient (Wildman–Crippen LogP) is 4.70. The maximum absolute atomic E-state index is 12.0. The maximum atomic E-state index is 12.0. The Balaban J connectivity index is 1.52. The Hall–Kier alpha value is -4.04. The molecule has 1 N–H and O–H groups in total. The second kappa shape index (κ2) is 9.44. The normalized spacial score (nSPS) is 17.4. The van der Waals surface area contributed by atoms with Gasteiger partial charge in [-0.25, -0.2) is 4.79 Å². The van der Waals surface area contributed by atoms with Crippen molar-refractivity contribution in [2.24, 2.45) is 0 Å². The van der Waals surface area contributed by atoms with E-state index < -0.39 is 5.97 Å². The largest absolute Gasteiger partial charge is 0.465 e. The molecule has 4 heterocycles. The van der Waals surface area contributed by atoms with Crippen LogP contribution in [-0.2, 0) is 11.3 Å². The molecule has 0 saturated carbocycles. The van der Waals surface area contributed by atoms with E-state index in [2.05, 4.69) is 20.2 Å². The van der Waals surface area contributed by atoms with Gasteiger partial charge in [0.2, 0.25) is 0 Å². The lowest BCUT2D eigenvalue weighted by Crippen LogP contribution is -2.29. The number of carbonyl (C=O) groups excluding carboxylic acids is 1. The molecule has 170 valence electrons. The van der Waals surface area contributed by atoms with E-state index in [-0.39, 0.29) is 12.1 Å². The predicted molar refractivity (Wildman–Crippen MR) is 131 cm³/mol. The molecule has 7 nitrogen and oxygen atoms in total. The summed E-state index contributed by atoms with van der Waals surface area (Å²) in [6.07, 6.45) is 5.35. The number of aromatic nitrogens is 2. The van der Waals surface area contributed by atoms with Crippen LogP contribution in [-0.4, -0.2) is 33.1 Å². The molecule has 0 amide bonds. The number of hydrogen-bond donors (Lipinski definition) is 1. The number of nitrogens with zero attached hydrogens (tertiary/aromatic N) is 3. The Morgan fingerprint density at radius 2 is 2.03 bits per heavy atom. The molecule has 5 rings (SSSR count). The molecule has 1 aromatic carbocycles. The fourth-order valence-corrected chi connectivity index (χ4v) is 4.46. The Morgan fingerprint density at radius 1 is 1.12 bits per heavy atom. The zero-order valence-corrected chi connectivity index (χ0v) is 19.2. The summed E-state index contributed by atoms with van der Waals surface area (Å²) in [5, 5.41) is 4.04. The van der Waals surface area contributed by atoms with Gasteiger partial charge in [-0.2, -0.15) is 0 Å². The number of esters is 1. The van der Waals surface area contributed by atoms with E-state index in [9.17, 15) is 4.79 Å². The minimum Gasteiger partial charge on any atom is -0.465 e. The number of carbonyl (C=O) groups is 1. The van der Waals surface area contributed by atoms with Crippen LogP contribution < -0.4 is 5.32 Å². The van der Waals surface area contributed by atoms with Crippen LogP contribution in [0.25, 0.3) is 11.3 Å². The van der Waals surface area contributed by atoms with Crippen LogP contribution in [0.4, 0.5) is 0 Å². The number of ether oxygens (including phenoxy) is 1. The van der Waals surface area contributed by atoms with Crippen LogP contribution in [0.15, 0.2) is 89.7 Å². The van der Waals surface area contributed by atoms with Gasteiger partial charge < -0.3 is 19.4 Å². The van der Waals surface area contributed by atoms with Crippen LogP contribution in [0.5, 0.6) is 0 Å². The first-order valence-electron chi connectivity index (χ1n) is 10.8. The summed E-state index contributed by atoms with van der Waals surface area (Å²) in [6.45, 7) is 0.571. The molecule has 0 bridgehead atoms. The number of pyridine rings is 2. The monoisotopic (exact) mass is 470 g/mol. The van der Waals surface area contributed by atoms with E-state index in [1.165, 1.54) is 7.11 Å². The van der Waals surface area contributed by atoms with Crippen LogP contribution in [0, 0.1) is 0 Å². The lowest BCUT2D eigenvalue weighted by atomic mass is 10.0. The second-order valence-corrected chi connectivity index (χ2v) is 8.28. The molecule has 8 heteroatoms. The molecular weight excluding hydrogens is 448 g/mol. The highest BCUT2D eigenvalue weighted by Crippen LogP contribution is 2.41. The highest BCUT2D eigenvalue weighted by molar-refractivity contribution is 7.80. The van der Waals surface area contributed by atoms with Crippen molar-refractivity contribution in [1.29, 1.82) is 0 Å². The van der Waals surface area contributed by atoms with E-state index in [4.69, 9.17) is 21.4 Å². The SMILES string of the molecule is COC(=O)c1cccc(-c2ccc([C@@H]3[C@H](c4ccccn4)NC(=S)N3Cc3cccnc3)o2)c1. The summed E-state index contributed by atoms with van der Waals surface area (Å²) in [5.74, 6) is 1.00. The zero-order chi connectivity index (χ0) is 23.5. The summed E-state index contributed by atoms with van der Waals surface area (Å²) in [4.78, 5) is 22.9. The zero-order valence-electron chi connectivity index (χ0n) is 18.4. The minimum absolute atomic E-state index is 0.189. The molecule has 3 aromatic heterocycles. The fourth-order valence-electron chi connectivity index (χ4n) is 4.16. The quantitative estimate of drug-likeness (QED) is 0.321. The second-order valence-electron chi connectivity index (χ2n) is 7.89. The van der Waals surface area contributed by atoms with Gasteiger partial charge in [0.1, 0.15) is 17.6 Å². The first kappa shape index (κ1) is 21.8. The van der Waals surface area contributed by atoms with Crippen molar-refractivity contribution in [2.75, 3.05) is 7.11 Å². The number of thiocarbonyl (C=S) groups is 1. The Bertz CT molecular complexity index is 1310. The highest BCUT2D eigenvalue weighted by Gasteiger charge is 2.41. The van der Waals surface area contributed by atoms with Gasteiger partial charge in [-0.05, 0) is 60.2 Å². The molecule has 1 fully saturated rings. The van der Waals surface area contributed by atoms with Crippen molar-refractivity contribution in [3.05, 3.63) is 108 Å². The number of benzene rings is 1. The number of rotatable bonds is 6. The van der Waals surface area contributed by atoms with Gasteiger partial charge in [-0.3, -0.25) is 9.97 Å². The fraction of sp³-hybridized carbons (Fsp3) is 0.154. The molecule has 2 atom stereocenters. The lowest BCUT2D eigenvalue weighted by molar-refractivity contribution is 0.0601. The van der Waals surface area contributed by atoms with Crippen LogP contribution in [0.2, 0.25) is 0 Å². The van der Waals surface area contributed by atoms with Crippen molar-refractivity contribution in [2.45, 2.75) is 18.6 Å². The topological polar surface area (TPSA) is 80.5 Å². The van der Waals surface area contributed by atoms with E-state index in [0.717, 1.165) is 22.6 Å². The highest BCUT2D eigenvalue weighted by atomic mass is 32.1. The molecule has 1 saturated heterocycles. The number of hydrogen-bond acceptors (Lipinski definition) is 6. The van der Waals surface area contributed by atoms with Crippen LogP contribution >= 0.6 is 12.2 Å². The number of methoxy groups -OCH3 is 1. The molecule has 0 radical (unpaired) electrons. The van der Waals surface area contributed by atoms with E-state index in [1.807, 2.05) is 54.7 Å². The third-order valence-electron chi connectivity index (χ3n) is 5.76. The average Bonchev–Trinajstić information content (AvgIpc) is 3.50. The van der Waals surface area contributed by atoms with Crippen molar-refractivity contribution < 1.29 is 13.9 Å². The number of furan rings is 1. The molecule has 4 aromatic rings. The Labute approximate surface area is 202 Å². The molecule has 0 aliphatic carbocycles. The standard InChI is InChI=1S/C26H22N4O3S/c1-32-25(31)19-8-4-7-18(14-19)21-10-11-22(33-21)24-23(20-9-2-3-13-28-20)29-26(34)30(24)16-17-6-5-12-27-15-17/h2-15,23-24H,16H2,1H3,(H,29,34)/t23-,24+/m0/s1. The Kier molecular flexibility index (Phi) is 6.05. The summed E-state index contributed by atoms with van der Waals surface area (Å²) in [5.41, 5.74) is 3.16. The van der Waals surface area contributed by atoms with Gasteiger partial charge in [-0.15, -0.1) is 0 Å². The molecule has 1 aliphatic rings. The first-order chi connectivity index (χ1) is 16.6. The van der Waals surface area contributed by atoms with Gasteiger partial charge in [0, 0.05) is 30.7 Å². The van der Waals surface area contributed by atoms with Gasteiger partial charge >= 0.3 is 5.97 Å². The third-order valence-corrected chi connectivity index (χ3v) is 6.11. The molecule has 0 unspecified atom stereocenters. The van der Waals surface area contributed by atoms with Gasteiger partial charge in [-0.1, -0.05) is 24.3 Å². The smallest absolute Gasteiger partial charge is 0.337 e. The van der Waals surface area contributed by atoms with Crippen molar-refractivity contribution in [3.8, 4) is 11.3 Å². The van der Waals surface area contributed by atoms with Gasteiger partial charge in [0.25, 0.3) is 0 Å². The van der Waals surface area contributed by atoms with Crippen molar-refractivity contribution in [1.82, 2.24) is 20.2 Å². The van der Waals surface area contributed by atoms with E-state index in [1.54, 1.807) is 30.6 Å². The van der Waals surface area contributed by atoms with Crippen molar-refractivity contribution >= 4 is 23.3 Å².